The van der Waals surface area contributed by atoms with Crippen molar-refractivity contribution in [3.63, 3.8) is 0 Å². The van der Waals surface area contributed by atoms with E-state index in [-0.39, 0.29) is 5.41 Å². The van der Waals surface area contributed by atoms with Crippen molar-refractivity contribution in [2.24, 2.45) is 5.41 Å². The van der Waals surface area contributed by atoms with Gasteiger partial charge in [0.15, 0.2) is 0 Å². The van der Waals surface area contributed by atoms with E-state index in [4.69, 9.17) is 4.74 Å². The lowest BCUT2D eigenvalue weighted by Crippen LogP contribution is -2.47. The first-order chi connectivity index (χ1) is 9.17. The summed E-state index contributed by atoms with van der Waals surface area (Å²) in [6.07, 6.45) is 2.44. The van der Waals surface area contributed by atoms with Gasteiger partial charge in [-0.15, -0.1) is 11.3 Å². The van der Waals surface area contributed by atoms with Gasteiger partial charge in [0.2, 0.25) is 0 Å². The summed E-state index contributed by atoms with van der Waals surface area (Å²) in [5.41, 5.74) is 0.271. The minimum atomic E-state index is 0.271. The van der Waals surface area contributed by atoms with Crippen LogP contribution in [-0.2, 0) is 4.74 Å². The lowest BCUT2D eigenvalue weighted by molar-refractivity contribution is -0.0265. The van der Waals surface area contributed by atoms with Crippen molar-refractivity contribution >= 4 is 11.3 Å². The zero-order chi connectivity index (χ0) is 13.7. The van der Waals surface area contributed by atoms with Gasteiger partial charge >= 0.3 is 0 Å². The first kappa shape index (κ1) is 15.0. The molecule has 0 spiro atoms. The Morgan fingerprint density at radius 2 is 2.42 bits per heavy atom. The number of hydrogen-bond donors (Lipinski definition) is 1. The lowest BCUT2D eigenvalue weighted by Gasteiger charge is -2.41. The molecule has 1 aromatic rings. The predicted octanol–water partition coefficient (Wildman–Crippen LogP) is 2.76. The molecule has 1 aliphatic heterocycles. The Kier molecular flexibility index (Phi) is 5.39. The fourth-order valence-corrected chi connectivity index (χ4v) is 3.87. The number of nitrogens with one attached hydrogen (secondary N) is 1. The molecule has 4 heteroatoms. The molecule has 1 aliphatic rings. The maximum absolute atomic E-state index is 5.75. The van der Waals surface area contributed by atoms with Crippen LogP contribution in [0.25, 0.3) is 0 Å². The number of thiophene rings is 1. The second-order valence-electron chi connectivity index (χ2n) is 5.79. The average molecular weight is 282 g/mol. The topological polar surface area (TPSA) is 24.5 Å². The molecular formula is C15H26N2OS. The third-order valence-electron chi connectivity index (χ3n) is 4.16. The van der Waals surface area contributed by atoms with Gasteiger partial charge in [0.1, 0.15) is 0 Å². The van der Waals surface area contributed by atoms with Crippen LogP contribution in [0.5, 0.6) is 0 Å². The van der Waals surface area contributed by atoms with Crippen molar-refractivity contribution < 1.29 is 4.74 Å². The molecule has 0 radical (unpaired) electrons. The highest BCUT2D eigenvalue weighted by Gasteiger charge is 2.34. The number of nitrogens with zero attached hydrogens (tertiary/aromatic N) is 1. The maximum atomic E-state index is 5.75. The lowest BCUT2D eigenvalue weighted by atomic mass is 9.81. The van der Waals surface area contributed by atoms with Crippen LogP contribution < -0.4 is 5.32 Å². The van der Waals surface area contributed by atoms with Crippen LogP contribution in [0.1, 0.15) is 30.7 Å². The third kappa shape index (κ3) is 3.78. The average Bonchev–Trinajstić information content (AvgIpc) is 2.93. The number of hydrogen-bond acceptors (Lipinski definition) is 4. The van der Waals surface area contributed by atoms with Crippen LogP contribution >= 0.6 is 11.3 Å². The van der Waals surface area contributed by atoms with E-state index >= 15 is 0 Å². The molecule has 0 bridgehead atoms. The van der Waals surface area contributed by atoms with E-state index in [0.717, 1.165) is 26.3 Å². The molecule has 108 valence electrons. The Labute approximate surface area is 121 Å². The van der Waals surface area contributed by atoms with Crippen molar-refractivity contribution in [3.8, 4) is 0 Å². The molecule has 2 atom stereocenters. The quantitative estimate of drug-likeness (QED) is 0.868. The van der Waals surface area contributed by atoms with Crippen LogP contribution in [0.15, 0.2) is 17.5 Å². The van der Waals surface area contributed by atoms with Gasteiger partial charge in [-0.2, -0.15) is 0 Å². The molecule has 0 aromatic carbocycles. The molecule has 0 aliphatic carbocycles. The smallest absolute Gasteiger partial charge is 0.0546 e. The summed E-state index contributed by atoms with van der Waals surface area (Å²) in [4.78, 5) is 3.91. The van der Waals surface area contributed by atoms with E-state index in [1.54, 1.807) is 0 Å². The van der Waals surface area contributed by atoms with Crippen LogP contribution in [0.3, 0.4) is 0 Å². The Balaban J connectivity index is 2.00. The van der Waals surface area contributed by atoms with E-state index in [1.165, 1.54) is 17.7 Å². The number of rotatable bonds is 6. The molecule has 19 heavy (non-hydrogen) atoms. The van der Waals surface area contributed by atoms with Gasteiger partial charge < -0.3 is 10.1 Å². The molecule has 2 heterocycles. The van der Waals surface area contributed by atoms with Gasteiger partial charge in [0.25, 0.3) is 0 Å². The highest BCUT2D eigenvalue weighted by atomic mass is 32.1. The van der Waals surface area contributed by atoms with Gasteiger partial charge in [-0.1, -0.05) is 6.07 Å². The Morgan fingerprint density at radius 1 is 1.58 bits per heavy atom. The highest BCUT2D eigenvalue weighted by Crippen LogP contribution is 2.32. The Morgan fingerprint density at radius 3 is 3.00 bits per heavy atom. The van der Waals surface area contributed by atoms with Crippen LogP contribution in [0, 0.1) is 5.41 Å². The minimum Gasteiger partial charge on any atom is -0.381 e. The maximum Gasteiger partial charge on any atom is 0.0546 e. The fourth-order valence-electron chi connectivity index (χ4n) is 3.02. The van der Waals surface area contributed by atoms with E-state index in [0.29, 0.717) is 6.04 Å². The van der Waals surface area contributed by atoms with Crippen molar-refractivity contribution in [3.05, 3.63) is 22.4 Å². The molecule has 2 unspecified atom stereocenters. The Hall–Kier alpha value is -0.420. The van der Waals surface area contributed by atoms with Gasteiger partial charge in [-0.05, 0) is 45.3 Å². The minimum absolute atomic E-state index is 0.271. The standard InChI is InChI=1S/C15H26N2OS/c1-13(14-6-4-9-19-14)17(3)11-15(10-16-2)7-5-8-18-12-15/h4,6,9,13,16H,5,7-8,10-12H2,1-3H3. The molecule has 2 rings (SSSR count). The molecule has 3 nitrogen and oxygen atoms in total. The van der Waals surface area contributed by atoms with E-state index in [1.807, 2.05) is 18.4 Å². The van der Waals surface area contributed by atoms with Crippen molar-refractivity contribution in [1.29, 1.82) is 0 Å². The summed E-state index contributed by atoms with van der Waals surface area (Å²) in [6, 6.07) is 4.85. The normalized spacial score (nSPS) is 25.7. The summed E-state index contributed by atoms with van der Waals surface area (Å²) in [6.45, 7) is 6.23. The first-order valence-corrected chi connectivity index (χ1v) is 8.01. The monoisotopic (exact) mass is 282 g/mol. The van der Waals surface area contributed by atoms with E-state index < -0.39 is 0 Å². The van der Waals surface area contributed by atoms with Crippen molar-refractivity contribution in [2.45, 2.75) is 25.8 Å². The summed E-state index contributed by atoms with van der Waals surface area (Å²) in [5.74, 6) is 0. The Bertz CT molecular complexity index is 355. The summed E-state index contributed by atoms with van der Waals surface area (Å²) >= 11 is 1.85. The third-order valence-corrected chi connectivity index (χ3v) is 5.20. The van der Waals surface area contributed by atoms with E-state index in [2.05, 4.69) is 41.7 Å². The molecular weight excluding hydrogens is 256 g/mol. The van der Waals surface area contributed by atoms with Crippen LogP contribution in [-0.4, -0.2) is 45.3 Å². The second kappa shape index (κ2) is 6.84. The molecule has 0 saturated carbocycles. The first-order valence-electron chi connectivity index (χ1n) is 7.13. The van der Waals surface area contributed by atoms with Gasteiger partial charge in [-0.3, -0.25) is 4.90 Å². The summed E-state index contributed by atoms with van der Waals surface area (Å²) in [7, 11) is 4.27. The summed E-state index contributed by atoms with van der Waals surface area (Å²) < 4.78 is 5.75. The van der Waals surface area contributed by atoms with Crippen LogP contribution in [0.2, 0.25) is 0 Å². The molecule has 0 amide bonds. The largest absolute Gasteiger partial charge is 0.381 e. The summed E-state index contributed by atoms with van der Waals surface area (Å²) in [5, 5.41) is 5.51. The van der Waals surface area contributed by atoms with Gasteiger partial charge in [-0.25, -0.2) is 0 Å². The number of ether oxygens (including phenoxy) is 1. The zero-order valence-corrected chi connectivity index (χ0v) is 13.1. The fraction of sp³-hybridized carbons (Fsp3) is 0.733. The predicted molar refractivity (Wildman–Crippen MR) is 81.8 cm³/mol. The molecule has 1 fully saturated rings. The zero-order valence-electron chi connectivity index (χ0n) is 12.3. The van der Waals surface area contributed by atoms with Crippen molar-refractivity contribution in [1.82, 2.24) is 10.2 Å². The second-order valence-corrected chi connectivity index (χ2v) is 6.77. The van der Waals surface area contributed by atoms with Gasteiger partial charge in [0, 0.05) is 36.0 Å². The molecule has 1 saturated heterocycles. The molecule has 1 N–H and O–H groups in total. The van der Waals surface area contributed by atoms with Crippen LogP contribution in [0.4, 0.5) is 0 Å². The molecule has 1 aromatic heterocycles. The van der Waals surface area contributed by atoms with E-state index in [9.17, 15) is 0 Å². The van der Waals surface area contributed by atoms with Gasteiger partial charge in [0.05, 0.1) is 6.61 Å². The highest BCUT2D eigenvalue weighted by molar-refractivity contribution is 7.10. The van der Waals surface area contributed by atoms with Crippen molar-refractivity contribution in [2.75, 3.05) is 40.4 Å². The SMILES string of the molecule is CNCC1(CN(C)C(C)c2cccs2)CCCOC1.